The monoisotopic (exact) mass is 302 g/mol. The van der Waals surface area contributed by atoms with Gasteiger partial charge in [0.25, 0.3) is 0 Å². The Morgan fingerprint density at radius 3 is 2.59 bits per heavy atom. The van der Waals surface area contributed by atoms with Gasteiger partial charge in [-0.25, -0.2) is 0 Å². The lowest BCUT2D eigenvalue weighted by Gasteiger charge is -2.08. The molecule has 0 saturated carbocycles. The number of ketones is 1. The second-order valence-electron chi connectivity index (χ2n) is 4.64. The number of hydrogen-bond acceptors (Lipinski definition) is 6. The van der Waals surface area contributed by atoms with Crippen molar-refractivity contribution in [3.05, 3.63) is 30.3 Å². The quantitative estimate of drug-likeness (QED) is 0.428. The lowest BCUT2D eigenvalue weighted by molar-refractivity contribution is -0.148. The molecule has 1 N–H and O–H groups in total. The maximum atomic E-state index is 11.6. The number of benzene rings is 1. The largest absolute Gasteiger partial charge is 0.494 e. The SMILES string of the molecule is CC(=N)C(C#N)C(=O)COC(=O)CCCOc1ccccc1. The van der Waals surface area contributed by atoms with E-state index in [1.807, 2.05) is 30.3 Å². The van der Waals surface area contributed by atoms with Gasteiger partial charge in [0.1, 0.15) is 11.7 Å². The Kier molecular flexibility index (Phi) is 7.34. The van der Waals surface area contributed by atoms with Gasteiger partial charge in [-0.1, -0.05) is 18.2 Å². The van der Waals surface area contributed by atoms with Crippen LogP contribution in [0, 0.1) is 22.7 Å². The minimum Gasteiger partial charge on any atom is -0.494 e. The molecule has 0 aliphatic rings. The summed E-state index contributed by atoms with van der Waals surface area (Å²) in [5.74, 6) is -1.52. The summed E-state index contributed by atoms with van der Waals surface area (Å²) in [6, 6.07) is 10.9. The van der Waals surface area contributed by atoms with Gasteiger partial charge >= 0.3 is 5.97 Å². The van der Waals surface area contributed by atoms with E-state index in [9.17, 15) is 9.59 Å². The van der Waals surface area contributed by atoms with Gasteiger partial charge in [0.15, 0.2) is 12.4 Å². The van der Waals surface area contributed by atoms with E-state index in [1.165, 1.54) is 6.92 Å². The maximum absolute atomic E-state index is 11.6. The van der Waals surface area contributed by atoms with Gasteiger partial charge in [0.2, 0.25) is 0 Å². The fourth-order valence-corrected chi connectivity index (χ4v) is 1.64. The van der Waals surface area contributed by atoms with Crippen LogP contribution in [0.3, 0.4) is 0 Å². The zero-order valence-corrected chi connectivity index (χ0v) is 12.4. The molecule has 1 atom stereocenters. The number of nitrogens with one attached hydrogen (secondary N) is 1. The first-order valence-electron chi connectivity index (χ1n) is 6.85. The van der Waals surface area contributed by atoms with Crippen molar-refractivity contribution in [2.75, 3.05) is 13.2 Å². The fraction of sp³-hybridized carbons (Fsp3) is 0.375. The number of rotatable bonds is 9. The molecule has 0 aliphatic heterocycles. The molecule has 1 unspecified atom stereocenters. The Balaban J connectivity index is 2.20. The van der Waals surface area contributed by atoms with E-state index in [0.29, 0.717) is 13.0 Å². The Bertz CT molecular complexity index is 563. The Labute approximate surface area is 129 Å². The normalized spacial score (nSPS) is 11.1. The van der Waals surface area contributed by atoms with Gasteiger partial charge in [-0.2, -0.15) is 5.26 Å². The summed E-state index contributed by atoms with van der Waals surface area (Å²) in [6.45, 7) is 1.26. The predicted octanol–water partition coefficient (Wildman–Crippen LogP) is 2.14. The minimum absolute atomic E-state index is 0.0557. The molecule has 1 aromatic rings. The lowest BCUT2D eigenvalue weighted by Crippen LogP contribution is -2.25. The number of ether oxygens (including phenoxy) is 2. The second-order valence-corrected chi connectivity index (χ2v) is 4.64. The number of hydrogen-bond donors (Lipinski definition) is 1. The number of Topliss-reactive ketones (excluding diaryl/α,β-unsaturated/α-hetero) is 1. The average Bonchev–Trinajstić information content (AvgIpc) is 2.51. The molecule has 0 fully saturated rings. The Hall–Kier alpha value is -2.68. The molecule has 0 radical (unpaired) electrons. The van der Waals surface area contributed by atoms with Crippen LogP contribution in [-0.4, -0.2) is 30.7 Å². The van der Waals surface area contributed by atoms with Crippen LogP contribution in [0.2, 0.25) is 0 Å². The third kappa shape index (κ3) is 6.18. The minimum atomic E-state index is -1.14. The number of carbonyl (C=O) groups excluding carboxylic acids is 2. The molecule has 0 spiro atoms. The summed E-state index contributed by atoms with van der Waals surface area (Å²) in [5.41, 5.74) is -0.0557. The molecule has 116 valence electrons. The highest BCUT2D eigenvalue weighted by Gasteiger charge is 2.21. The van der Waals surface area contributed by atoms with Crippen molar-refractivity contribution in [2.45, 2.75) is 19.8 Å². The molecule has 1 aromatic carbocycles. The van der Waals surface area contributed by atoms with Gasteiger partial charge < -0.3 is 14.9 Å². The number of carbonyl (C=O) groups is 2. The molecule has 6 heteroatoms. The predicted molar refractivity (Wildman–Crippen MR) is 79.6 cm³/mol. The van der Waals surface area contributed by atoms with Crippen molar-refractivity contribution in [1.29, 1.82) is 10.7 Å². The first kappa shape index (κ1) is 17.4. The summed E-state index contributed by atoms with van der Waals surface area (Å²) in [5, 5.41) is 16.0. The molecular formula is C16H18N2O4. The van der Waals surface area contributed by atoms with E-state index in [4.69, 9.17) is 20.1 Å². The van der Waals surface area contributed by atoms with E-state index in [0.717, 1.165) is 5.75 Å². The van der Waals surface area contributed by atoms with Crippen molar-refractivity contribution in [3.8, 4) is 11.8 Å². The molecule has 0 aromatic heterocycles. The van der Waals surface area contributed by atoms with Crippen molar-refractivity contribution in [2.24, 2.45) is 5.92 Å². The smallest absolute Gasteiger partial charge is 0.306 e. The van der Waals surface area contributed by atoms with Crippen LogP contribution in [0.4, 0.5) is 0 Å². The topological polar surface area (TPSA) is 100 Å². The van der Waals surface area contributed by atoms with Gasteiger partial charge in [-0.3, -0.25) is 9.59 Å². The molecule has 6 nitrogen and oxygen atoms in total. The Morgan fingerprint density at radius 1 is 1.32 bits per heavy atom. The standard InChI is InChI=1S/C16H18N2O4/c1-12(18)14(10-17)15(19)11-22-16(20)8-5-9-21-13-6-3-2-4-7-13/h2-4,6-7,14,18H,5,8-9,11H2,1H3. The highest BCUT2D eigenvalue weighted by molar-refractivity contribution is 6.05. The van der Waals surface area contributed by atoms with E-state index in [-0.39, 0.29) is 12.1 Å². The molecule has 0 bridgehead atoms. The fourth-order valence-electron chi connectivity index (χ4n) is 1.64. The molecular weight excluding hydrogens is 284 g/mol. The van der Waals surface area contributed by atoms with Crippen molar-refractivity contribution >= 4 is 17.5 Å². The van der Waals surface area contributed by atoms with E-state index < -0.39 is 24.3 Å². The highest BCUT2D eigenvalue weighted by atomic mass is 16.5. The molecule has 0 amide bonds. The molecule has 0 saturated heterocycles. The van der Waals surface area contributed by atoms with Crippen molar-refractivity contribution in [1.82, 2.24) is 0 Å². The van der Waals surface area contributed by atoms with E-state index in [2.05, 4.69) is 0 Å². The second kappa shape index (κ2) is 9.29. The van der Waals surface area contributed by atoms with Crippen LogP contribution in [0.15, 0.2) is 30.3 Å². The number of nitriles is 1. The molecule has 0 heterocycles. The Morgan fingerprint density at radius 2 is 2.00 bits per heavy atom. The number of nitrogens with zero attached hydrogens (tertiary/aromatic N) is 1. The van der Waals surface area contributed by atoms with Crippen LogP contribution >= 0.6 is 0 Å². The molecule has 0 aliphatic carbocycles. The molecule has 1 rings (SSSR count). The van der Waals surface area contributed by atoms with E-state index >= 15 is 0 Å². The third-order valence-electron chi connectivity index (χ3n) is 2.80. The summed E-state index contributed by atoms with van der Waals surface area (Å²) in [6.07, 6.45) is 0.591. The number of esters is 1. The van der Waals surface area contributed by atoms with Gasteiger partial charge in [0.05, 0.1) is 12.7 Å². The number of para-hydroxylation sites is 1. The summed E-state index contributed by atoms with van der Waals surface area (Å²) < 4.78 is 10.2. The summed E-state index contributed by atoms with van der Waals surface area (Å²) in [7, 11) is 0. The molecule has 22 heavy (non-hydrogen) atoms. The van der Waals surface area contributed by atoms with Crippen LogP contribution in [0.5, 0.6) is 5.75 Å². The highest BCUT2D eigenvalue weighted by Crippen LogP contribution is 2.09. The first-order valence-corrected chi connectivity index (χ1v) is 6.85. The van der Waals surface area contributed by atoms with Crippen LogP contribution in [0.1, 0.15) is 19.8 Å². The van der Waals surface area contributed by atoms with Crippen molar-refractivity contribution < 1.29 is 19.1 Å². The van der Waals surface area contributed by atoms with E-state index in [1.54, 1.807) is 6.07 Å². The zero-order valence-electron chi connectivity index (χ0n) is 12.4. The zero-order chi connectivity index (χ0) is 16.4. The maximum Gasteiger partial charge on any atom is 0.306 e. The van der Waals surface area contributed by atoms with Gasteiger partial charge in [-0.15, -0.1) is 0 Å². The van der Waals surface area contributed by atoms with Crippen LogP contribution in [0.25, 0.3) is 0 Å². The summed E-state index contributed by atoms with van der Waals surface area (Å²) in [4.78, 5) is 23.0. The average molecular weight is 302 g/mol. The van der Waals surface area contributed by atoms with Crippen molar-refractivity contribution in [3.63, 3.8) is 0 Å². The van der Waals surface area contributed by atoms with Crippen LogP contribution < -0.4 is 4.74 Å². The first-order chi connectivity index (χ1) is 10.5. The lowest BCUT2D eigenvalue weighted by atomic mass is 10.0. The third-order valence-corrected chi connectivity index (χ3v) is 2.80. The van der Waals surface area contributed by atoms with Gasteiger partial charge in [-0.05, 0) is 25.5 Å². The summed E-state index contributed by atoms with van der Waals surface area (Å²) >= 11 is 0. The van der Waals surface area contributed by atoms with Gasteiger partial charge in [0, 0.05) is 12.1 Å². The van der Waals surface area contributed by atoms with Crippen LogP contribution in [-0.2, 0) is 14.3 Å².